The van der Waals surface area contributed by atoms with Crippen LogP contribution in [0.1, 0.15) is 28.8 Å². The van der Waals surface area contributed by atoms with Crippen molar-refractivity contribution in [3.8, 4) is 11.5 Å². The van der Waals surface area contributed by atoms with Crippen LogP contribution in [0, 0.1) is 0 Å². The molecule has 0 spiro atoms. The van der Waals surface area contributed by atoms with E-state index in [1.165, 1.54) is 25.2 Å². The first-order chi connectivity index (χ1) is 11.6. The quantitative estimate of drug-likeness (QED) is 0.577. The molecule has 1 saturated heterocycles. The van der Waals surface area contributed by atoms with Gasteiger partial charge in [-0.3, -0.25) is 19.2 Å². The third-order valence-electron chi connectivity index (χ3n) is 4.08. The molecule has 1 atom stereocenters. The summed E-state index contributed by atoms with van der Waals surface area (Å²) in [4.78, 5) is 25.5. The number of carbonyl (C=O) groups is 2. The monoisotopic (exact) mass is 340 g/mol. The summed E-state index contributed by atoms with van der Waals surface area (Å²) in [5.41, 5.74) is 2.56. The Balaban J connectivity index is 2.32. The molecular weight excluding hydrogens is 319 g/mol. The van der Waals surface area contributed by atoms with E-state index in [0.29, 0.717) is 48.4 Å². The van der Waals surface area contributed by atoms with Gasteiger partial charge in [0.25, 0.3) is 11.8 Å². The van der Waals surface area contributed by atoms with E-state index in [-0.39, 0.29) is 5.91 Å². The lowest BCUT2D eigenvalue weighted by Gasteiger charge is -2.39. The van der Waals surface area contributed by atoms with Gasteiger partial charge in [-0.25, -0.2) is 5.48 Å². The van der Waals surface area contributed by atoms with Gasteiger partial charge in [0.15, 0.2) is 11.5 Å². The highest BCUT2D eigenvalue weighted by atomic mass is 19.1. The molecule has 0 unspecified atom stereocenters. The standard InChI is InChI=1S/C16H21FN2O5/c1-23-13-9-11(8-10(4-3-6-17)14(13)24-2)16(21)19-7-5-12(19)15(20)18-22/h8-9,12,22H,3-7H2,1-2H3,(H,18,20)/t12-/m1/s1. The number of alkyl halides is 1. The molecule has 1 aliphatic heterocycles. The second-order valence-electron chi connectivity index (χ2n) is 5.44. The first kappa shape index (κ1) is 18.0. The molecule has 1 aromatic carbocycles. The van der Waals surface area contributed by atoms with Gasteiger partial charge < -0.3 is 14.4 Å². The van der Waals surface area contributed by atoms with Gasteiger partial charge in [-0.2, -0.15) is 0 Å². The number of rotatable bonds is 7. The van der Waals surface area contributed by atoms with Crippen LogP contribution in [0.2, 0.25) is 0 Å². The largest absolute Gasteiger partial charge is 0.493 e. The average molecular weight is 340 g/mol. The molecular formula is C16H21FN2O5. The Hall–Kier alpha value is -2.35. The minimum absolute atomic E-state index is 0.302. The number of ether oxygens (including phenoxy) is 2. The summed E-state index contributed by atoms with van der Waals surface area (Å²) in [7, 11) is 2.94. The summed E-state index contributed by atoms with van der Waals surface area (Å²) in [5, 5.41) is 8.72. The van der Waals surface area contributed by atoms with Gasteiger partial charge in [0, 0.05) is 12.1 Å². The highest BCUT2D eigenvalue weighted by Crippen LogP contribution is 2.34. The van der Waals surface area contributed by atoms with Crippen LogP contribution in [0.3, 0.4) is 0 Å². The van der Waals surface area contributed by atoms with Crippen molar-refractivity contribution < 1.29 is 28.7 Å². The maximum Gasteiger partial charge on any atom is 0.266 e. The Morgan fingerprint density at radius 1 is 1.38 bits per heavy atom. The van der Waals surface area contributed by atoms with E-state index in [0.717, 1.165) is 0 Å². The average Bonchev–Trinajstić information content (AvgIpc) is 2.57. The van der Waals surface area contributed by atoms with E-state index in [2.05, 4.69) is 0 Å². The minimum Gasteiger partial charge on any atom is -0.493 e. The van der Waals surface area contributed by atoms with Crippen LogP contribution in [0.25, 0.3) is 0 Å². The SMILES string of the molecule is COc1cc(C(=O)N2CC[C@@H]2C(=O)NO)cc(CCCF)c1OC. The van der Waals surface area contributed by atoms with Crippen molar-refractivity contribution in [3.63, 3.8) is 0 Å². The molecule has 8 heteroatoms. The number of hydroxylamine groups is 1. The third-order valence-corrected chi connectivity index (χ3v) is 4.08. The van der Waals surface area contributed by atoms with Crippen LogP contribution in [-0.2, 0) is 11.2 Å². The van der Waals surface area contributed by atoms with Gasteiger partial charge in [0.2, 0.25) is 0 Å². The number of hydrogen-bond donors (Lipinski definition) is 2. The molecule has 7 nitrogen and oxygen atoms in total. The lowest BCUT2D eigenvalue weighted by atomic mass is 9.98. The van der Waals surface area contributed by atoms with Crippen molar-refractivity contribution in [2.24, 2.45) is 0 Å². The summed E-state index contributed by atoms with van der Waals surface area (Å²) in [5.74, 6) is -0.123. The van der Waals surface area contributed by atoms with Gasteiger partial charge >= 0.3 is 0 Å². The van der Waals surface area contributed by atoms with E-state index in [1.54, 1.807) is 11.5 Å². The van der Waals surface area contributed by atoms with Crippen LogP contribution >= 0.6 is 0 Å². The lowest BCUT2D eigenvalue weighted by molar-refractivity contribution is -0.137. The molecule has 132 valence electrons. The maximum atomic E-state index is 12.6. The summed E-state index contributed by atoms with van der Waals surface area (Å²) in [6.45, 7) is -0.0560. The topological polar surface area (TPSA) is 88.1 Å². The van der Waals surface area contributed by atoms with E-state index >= 15 is 0 Å². The molecule has 0 aromatic heterocycles. The number of methoxy groups -OCH3 is 2. The fourth-order valence-corrected chi connectivity index (χ4v) is 2.75. The fraction of sp³-hybridized carbons (Fsp3) is 0.500. The summed E-state index contributed by atoms with van der Waals surface area (Å²) in [6, 6.07) is 2.47. The van der Waals surface area contributed by atoms with Crippen LogP contribution in [0.15, 0.2) is 12.1 Å². The number of nitrogens with zero attached hydrogens (tertiary/aromatic N) is 1. The third kappa shape index (κ3) is 3.43. The van der Waals surface area contributed by atoms with E-state index in [9.17, 15) is 14.0 Å². The van der Waals surface area contributed by atoms with E-state index in [4.69, 9.17) is 14.7 Å². The molecule has 0 aliphatic carbocycles. The van der Waals surface area contributed by atoms with Crippen molar-refractivity contribution in [2.45, 2.75) is 25.3 Å². The Bertz CT molecular complexity index is 623. The summed E-state index contributed by atoms with van der Waals surface area (Å²) >= 11 is 0. The van der Waals surface area contributed by atoms with Crippen LogP contribution < -0.4 is 15.0 Å². The van der Waals surface area contributed by atoms with Crippen molar-refractivity contribution >= 4 is 11.8 Å². The molecule has 1 heterocycles. The number of hydrogen-bond acceptors (Lipinski definition) is 5. The van der Waals surface area contributed by atoms with Crippen molar-refractivity contribution in [2.75, 3.05) is 27.4 Å². The number of nitrogens with one attached hydrogen (secondary N) is 1. The van der Waals surface area contributed by atoms with E-state index in [1.807, 2.05) is 0 Å². The van der Waals surface area contributed by atoms with Crippen molar-refractivity contribution in [3.05, 3.63) is 23.3 Å². The number of aryl methyl sites for hydroxylation is 1. The highest BCUT2D eigenvalue weighted by Gasteiger charge is 2.38. The zero-order chi connectivity index (χ0) is 17.7. The van der Waals surface area contributed by atoms with Crippen LogP contribution in [-0.4, -0.2) is 55.4 Å². The summed E-state index contributed by atoms with van der Waals surface area (Å²) < 4.78 is 23.1. The van der Waals surface area contributed by atoms with E-state index < -0.39 is 18.6 Å². The predicted octanol–water partition coefficient (Wildman–Crippen LogP) is 1.33. The minimum atomic E-state index is -0.690. The Morgan fingerprint density at radius 2 is 2.12 bits per heavy atom. The Kier molecular flexibility index (Phi) is 5.97. The molecule has 2 rings (SSSR count). The molecule has 1 aromatic rings. The lowest BCUT2D eigenvalue weighted by Crippen LogP contribution is -2.57. The molecule has 1 fully saturated rings. The van der Waals surface area contributed by atoms with Gasteiger partial charge in [-0.1, -0.05) is 0 Å². The second-order valence-corrected chi connectivity index (χ2v) is 5.44. The van der Waals surface area contributed by atoms with Crippen molar-refractivity contribution in [1.29, 1.82) is 0 Å². The number of amides is 2. The van der Waals surface area contributed by atoms with Crippen molar-refractivity contribution in [1.82, 2.24) is 10.4 Å². The first-order valence-corrected chi connectivity index (χ1v) is 7.63. The molecule has 24 heavy (non-hydrogen) atoms. The molecule has 2 N–H and O–H groups in total. The van der Waals surface area contributed by atoms with Crippen LogP contribution in [0.5, 0.6) is 11.5 Å². The van der Waals surface area contributed by atoms with Crippen LogP contribution in [0.4, 0.5) is 4.39 Å². The van der Waals surface area contributed by atoms with Gasteiger partial charge in [0.05, 0.1) is 20.9 Å². The molecule has 0 radical (unpaired) electrons. The smallest absolute Gasteiger partial charge is 0.266 e. The number of likely N-dealkylation sites (tertiary alicyclic amines) is 1. The Labute approximate surface area is 139 Å². The zero-order valence-corrected chi connectivity index (χ0v) is 13.7. The summed E-state index contributed by atoms with van der Waals surface area (Å²) in [6.07, 6.45) is 1.19. The highest BCUT2D eigenvalue weighted by molar-refractivity contribution is 5.99. The Morgan fingerprint density at radius 3 is 2.62 bits per heavy atom. The predicted molar refractivity (Wildman–Crippen MR) is 83.2 cm³/mol. The number of benzene rings is 1. The zero-order valence-electron chi connectivity index (χ0n) is 13.7. The normalized spacial score (nSPS) is 16.3. The van der Waals surface area contributed by atoms with Gasteiger partial charge in [-0.15, -0.1) is 0 Å². The first-order valence-electron chi connectivity index (χ1n) is 7.63. The fourth-order valence-electron chi connectivity index (χ4n) is 2.75. The van der Waals surface area contributed by atoms with Gasteiger partial charge in [0.1, 0.15) is 6.04 Å². The number of carbonyl (C=O) groups excluding carboxylic acids is 2. The molecule has 1 aliphatic rings. The molecule has 0 bridgehead atoms. The number of halogens is 1. The molecule has 0 saturated carbocycles. The van der Waals surface area contributed by atoms with Gasteiger partial charge in [-0.05, 0) is 37.0 Å². The second kappa shape index (κ2) is 7.96. The molecule has 2 amide bonds. The maximum absolute atomic E-state index is 12.6.